The van der Waals surface area contributed by atoms with Crippen LogP contribution in [-0.2, 0) is 6.54 Å². The molecule has 13 heavy (non-hydrogen) atoms. The van der Waals surface area contributed by atoms with Crippen molar-refractivity contribution in [1.82, 2.24) is 9.78 Å². The Hall–Kier alpha value is -0.280. The third kappa shape index (κ3) is 2.85. The summed E-state index contributed by atoms with van der Waals surface area (Å²) < 4.78 is 2.97. The van der Waals surface area contributed by atoms with Gasteiger partial charge < -0.3 is 0 Å². The molecule has 0 aliphatic rings. The van der Waals surface area contributed by atoms with Gasteiger partial charge >= 0.3 is 0 Å². The minimum atomic E-state index is 0.661. The molecular weight excluding hydrogens is 251 g/mol. The molecule has 0 saturated carbocycles. The minimum Gasteiger partial charge on any atom is -0.265 e. The first-order chi connectivity index (χ1) is 6.29. The van der Waals surface area contributed by atoms with Crippen LogP contribution in [0.5, 0.6) is 0 Å². The number of rotatable bonds is 4. The van der Waals surface area contributed by atoms with Crippen LogP contribution in [0.15, 0.2) is 16.7 Å². The third-order valence-electron chi connectivity index (χ3n) is 1.68. The summed E-state index contributed by atoms with van der Waals surface area (Å²) >= 11 is 9.01. The van der Waals surface area contributed by atoms with Crippen LogP contribution in [0.1, 0.15) is 19.0 Å². The van der Waals surface area contributed by atoms with Gasteiger partial charge in [0.25, 0.3) is 0 Å². The number of halogens is 2. The van der Waals surface area contributed by atoms with Crippen LogP contribution >= 0.6 is 27.5 Å². The lowest BCUT2D eigenvalue weighted by Gasteiger charge is -1.99. The van der Waals surface area contributed by atoms with Crippen molar-refractivity contribution in [3.8, 4) is 0 Å². The number of hydrogen-bond donors (Lipinski definition) is 0. The van der Waals surface area contributed by atoms with Crippen molar-refractivity contribution in [3.63, 3.8) is 0 Å². The van der Waals surface area contributed by atoms with Crippen molar-refractivity contribution >= 4 is 33.6 Å². The van der Waals surface area contributed by atoms with Crippen LogP contribution in [0.4, 0.5) is 0 Å². The van der Waals surface area contributed by atoms with E-state index in [4.69, 9.17) is 11.6 Å². The maximum absolute atomic E-state index is 5.57. The average molecular weight is 264 g/mol. The van der Waals surface area contributed by atoms with E-state index in [-0.39, 0.29) is 0 Å². The van der Waals surface area contributed by atoms with Gasteiger partial charge in [-0.15, -0.1) is 11.6 Å². The summed E-state index contributed by atoms with van der Waals surface area (Å²) in [5, 5.41) is 4.20. The zero-order chi connectivity index (χ0) is 9.68. The molecule has 2 nitrogen and oxygen atoms in total. The lowest BCUT2D eigenvalue weighted by molar-refractivity contribution is 0.653. The van der Waals surface area contributed by atoms with Crippen molar-refractivity contribution in [2.45, 2.75) is 19.9 Å². The van der Waals surface area contributed by atoms with Gasteiger partial charge in [0.05, 0.1) is 16.4 Å². The summed E-state index contributed by atoms with van der Waals surface area (Å²) in [5.41, 5.74) is 1.10. The summed E-state index contributed by atoms with van der Waals surface area (Å²) in [7, 11) is 0. The average Bonchev–Trinajstić information content (AvgIpc) is 2.48. The van der Waals surface area contributed by atoms with E-state index in [0.29, 0.717) is 5.88 Å². The Bertz CT molecular complexity index is 294. The molecule has 0 aliphatic heterocycles. The molecule has 0 radical (unpaired) electrons. The lowest BCUT2D eigenvalue weighted by Crippen LogP contribution is -1.98. The van der Waals surface area contributed by atoms with E-state index < -0.39 is 0 Å². The number of nitrogens with zero attached hydrogens (tertiary/aromatic N) is 2. The van der Waals surface area contributed by atoms with Crippen molar-refractivity contribution in [2.24, 2.45) is 0 Å². The summed E-state index contributed by atoms with van der Waals surface area (Å²) in [6.07, 6.45) is 6.80. The zero-order valence-corrected chi connectivity index (χ0v) is 9.85. The largest absolute Gasteiger partial charge is 0.265 e. The molecule has 0 spiro atoms. The Morgan fingerprint density at radius 1 is 1.69 bits per heavy atom. The summed E-state index contributed by atoms with van der Waals surface area (Å²) in [6.45, 7) is 2.95. The standard InChI is InChI=1S/C9H12BrClN2/c1-2-13-9(5-3-4-6-11)8(10)7-12-13/h3,5,7H,2,4,6H2,1H3/b5-3+. The van der Waals surface area contributed by atoms with Crippen LogP contribution in [0.2, 0.25) is 0 Å². The molecule has 0 fully saturated rings. The zero-order valence-electron chi connectivity index (χ0n) is 7.50. The van der Waals surface area contributed by atoms with Crippen molar-refractivity contribution in [3.05, 3.63) is 22.4 Å². The molecule has 0 aromatic carbocycles. The Balaban J connectivity index is 2.79. The van der Waals surface area contributed by atoms with Crippen LogP contribution in [0.3, 0.4) is 0 Å². The fourth-order valence-electron chi connectivity index (χ4n) is 1.05. The van der Waals surface area contributed by atoms with Gasteiger partial charge in [-0.2, -0.15) is 5.10 Å². The second kappa shape index (κ2) is 5.45. The molecule has 1 aromatic heterocycles. The van der Waals surface area contributed by atoms with Gasteiger partial charge in [-0.25, -0.2) is 0 Å². The van der Waals surface area contributed by atoms with Crippen LogP contribution in [0.25, 0.3) is 6.08 Å². The highest BCUT2D eigenvalue weighted by Crippen LogP contribution is 2.17. The molecule has 0 bridgehead atoms. The number of alkyl halides is 1. The molecule has 0 saturated heterocycles. The highest BCUT2D eigenvalue weighted by Gasteiger charge is 2.02. The normalized spacial score (nSPS) is 11.3. The molecule has 4 heteroatoms. The maximum Gasteiger partial charge on any atom is 0.0748 e. The Morgan fingerprint density at radius 3 is 3.08 bits per heavy atom. The SMILES string of the molecule is CCn1ncc(Br)c1/C=C/CCCl. The molecule has 72 valence electrons. The molecule has 1 heterocycles. The quantitative estimate of drug-likeness (QED) is 0.762. The minimum absolute atomic E-state index is 0.661. The predicted molar refractivity (Wildman–Crippen MR) is 60.0 cm³/mol. The molecular formula is C9H12BrClN2. The van der Waals surface area contributed by atoms with Crippen molar-refractivity contribution < 1.29 is 0 Å². The van der Waals surface area contributed by atoms with Crippen LogP contribution in [0, 0.1) is 0 Å². The van der Waals surface area contributed by atoms with E-state index in [1.165, 1.54) is 0 Å². The number of aryl methyl sites for hydroxylation is 1. The van der Waals surface area contributed by atoms with Gasteiger partial charge in [0.15, 0.2) is 0 Å². The Kier molecular flexibility index (Phi) is 4.53. The maximum atomic E-state index is 5.57. The summed E-state index contributed by atoms with van der Waals surface area (Å²) in [5.74, 6) is 0.661. The van der Waals surface area contributed by atoms with Crippen LogP contribution < -0.4 is 0 Å². The van der Waals surface area contributed by atoms with E-state index in [0.717, 1.165) is 23.1 Å². The molecule has 1 rings (SSSR count). The van der Waals surface area contributed by atoms with Gasteiger partial charge in [-0.1, -0.05) is 6.08 Å². The first-order valence-electron chi connectivity index (χ1n) is 4.23. The monoisotopic (exact) mass is 262 g/mol. The first-order valence-corrected chi connectivity index (χ1v) is 5.56. The van der Waals surface area contributed by atoms with Crippen molar-refractivity contribution in [2.75, 3.05) is 5.88 Å². The molecule has 0 amide bonds. The van der Waals surface area contributed by atoms with Gasteiger partial charge in [0.2, 0.25) is 0 Å². The second-order valence-electron chi connectivity index (χ2n) is 2.57. The van der Waals surface area contributed by atoms with E-state index in [1.54, 1.807) is 0 Å². The molecule has 1 aromatic rings. The van der Waals surface area contributed by atoms with E-state index >= 15 is 0 Å². The van der Waals surface area contributed by atoms with E-state index in [1.807, 2.05) is 17.0 Å². The van der Waals surface area contributed by atoms with Crippen molar-refractivity contribution in [1.29, 1.82) is 0 Å². The first kappa shape index (κ1) is 10.8. The van der Waals surface area contributed by atoms with Gasteiger partial charge in [-0.05, 0) is 35.4 Å². The fourth-order valence-corrected chi connectivity index (χ4v) is 1.60. The number of allylic oxidation sites excluding steroid dienone is 1. The highest BCUT2D eigenvalue weighted by atomic mass is 79.9. The molecule has 0 unspecified atom stereocenters. The number of hydrogen-bond acceptors (Lipinski definition) is 1. The Morgan fingerprint density at radius 2 is 2.46 bits per heavy atom. The topological polar surface area (TPSA) is 17.8 Å². The van der Waals surface area contributed by atoms with Gasteiger partial charge in [-0.3, -0.25) is 4.68 Å². The third-order valence-corrected chi connectivity index (χ3v) is 2.51. The summed E-state index contributed by atoms with van der Waals surface area (Å²) in [6, 6.07) is 0. The van der Waals surface area contributed by atoms with Crippen LogP contribution in [-0.4, -0.2) is 15.7 Å². The van der Waals surface area contributed by atoms with E-state index in [2.05, 4.69) is 34.0 Å². The molecule has 0 atom stereocenters. The molecule has 0 aliphatic carbocycles. The predicted octanol–water partition coefficient (Wildman–Crippen LogP) is 3.31. The van der Waals surface area contributed by atoms with Gasteiger partial charge in [0, 0.05) is 12.4 Å². The summed E-state index contributed by atoms with van der Waals surface area (Å²) in [4.78, 5) is 0. The smallest absolute Gasteiger partial charge is 0.0748 e. The van der Waals surface area contributed by atoms with E-state index in [9.17, 15) is 0 Å². The fraction of sp³-hybridized carbons (Fsp3) is 0.444. The Labute approximate surface area is 91.7 Å². The van der Waals surface area contributed by atoms with Gasteiger partial charge in [0.1, 0.15) is 0 Å². The lowest BCUT2D eigenvalue weighted by atomic mass is 10.3. The number of aromatic nitrogens is 2. The molecule has 0 N–H and O–H groups in total. The second-order valence-corrected chi connectivity index (χ2v) is 3.81. The highest BCUT2D eigenvalue weighted by molar-refractivity contribution is 9.10.